The Kier molecular flexibility index (Phi) is 4.83. The van der Waals surface area contributed by atoms with Crippen molar-refractivity contribution in [3.63, 3.8) is 0 Å². The third kappa shape index (κ3) is 3.72. The number of amides is 1. The van der Waals surface area contributed by atoms with Crippen LogP contribution in [0.15, 0.2) is 43.2 Å². The molecule has 1 fully saturated rings. The van der Waals surface area contributed by atoms with Crippen LogP contribution in [0.1, 0.15) is 37.2 Å². The summed E-state index contributed by atoms with van der Waals surface area (Å²) in [4.78, 5) is 22.4. The summed E-state index contributed by atoms with van der Waals surface area (Å²) >= 11 is 0. The van der Waals surface area contributed by atoms with Crippen molar-refractivity contribution in [1.82, 2.24) is 19.4 Å². The topological polar surface area (TPSA) is 51.0 Å². The second-order valence-corrected chi connectivity index (χ2v) is 5.84. The van der Waals surface area contributed by atoms with E-state index in [1.165, 1.54) is 5.56 Å². The van der Waals surface area contributed by atoms with Crippen molar-refractivity contribution in [2.24, 2.45) is 0 Å². The first kappa shape index (κ1) is 14.8. The maximum absolute atomic E-state index is 12.3. The summed E-state index contributed by atoms with van der Waals surface area (Å²) in [7, 11) is 0. The molecule has 2 aromatic heterocycles. The number of pyridine rings is 1. The summed E-state index contributed by atoms with van der Waals surface area (Å²) in [6, 6.07) is 4.18. The fraction of sp³-hybridized carbons (Fsp3) is 0.471. The molecule has 3 rings (SSSR count). The van der Waals surface area contributed by atoms with Crippen molar-refractivity contribution in [2.75, 3.05) is 13.1 Å². The van der Waals surface area contributed by atoms with Crippen LogP contribution >= 0.6 is 0 Å². The fourth-order valence-corrected chi connectivity index (χ4v) is 3.09. The van der Waals surface area contributed by atoms with Gasteiger partial charge in [-0.1, -0.05) is 0 Å². The highest BCUT2D eigenvalue weighted by atomic mass is 16.2. The molecule has 0 spiro atoms. The van der Waals surface area contributed by atoms with E-state index >= 15 is 0 Å². The average Bonchev–Trinajstić information content (AvgIpc) is 3.09. The lowest BCUT2D eigenvalue weighted by Crippen LogP contribution is -2.37. The van der Waals surface area contributed by atoms with Gasteiger partial charge in [-0.2, -0.15) is 0 Å². The number of nitrogens with zero attached hydrogens (tertiary/aromatic N) is 4. The number of aryl methyl sites for hydroxylation is 1. The monoisotopic (exact) mass is 298 g/mol. The van der Waals surface area contributed by atoms with Gasteiger partial charge in [0.25, 0.3) is 0 Å². The smallest absolute Gasteiger partial charge is 0.222 e. The molecule has 1 aliphatic heterocycles. The summed E-state index contributed by atoms with van der Waals surface area (Å²) in [6.45, 7) is 2.60. The van der Waals surface area contributed by atoms with E-state index in [1.54, 1.807) is 12.5 Å². The van der Waals surface area contributed by atoms with Gasteiger partial charge in [-0.15, -0.1) is 0 Å². The highest BCUT2D eigenvalue weighted by Crippen LogP contribution is 2.27. The standard InChI is InChI=1S/C17H22N4O/c22-17(2-1-10-20-13-9-19-14-20)21-11-5-16(6-12-21)15-3-7-18-8-4-15/h3-4,7-9,13-14,16H,1-2,5-6,10-12H2. The van der Waals surface area contributed by atoms with Crippen molar-refractivity contribution in [1.29, 1.82) is 0 Å². The Hall–Kier alpha value is -2.17. The van der Waals surface area contributed by atoms with E-state index in [0.717, 1.165) is 38.9 Å². The molecule has 0 aliphatic carbocycles. The largest absolute Gasteiger partial charge is 0.343 e. The second kappa shape index (κ2) is 7.20. The Morgan fingerprint density at radius 2 is 1.91 bits per heavy atom. The number of carbonyl (C=O) groups excluding carboxylic acids is 1. The maximum atomic E-state index is 12.3. The molecule has 0 N–H and O–H groups in total. The van der Waals surface area contributed by atoms with Gasteiger partial charge in [-0.3, -0.25) is 9.78 Å². The van der Waals surface area contributed by atoms with Crippen LogP contribution in [0.2, 0.25) is 0 Å². The van der Waals surface area contributed by atoms with E-state index in [-0.39, 0.29) is 5.91 Å². The van der Waals surface area contributed by atoms with Gasteiger partial charge in [0.2, 0.25) is 5.91 Å². The first-order chi connectivity index (χ1) is 10.8. The normalized spacial score (nSPS) is 15.9. The molecule has 5 heteroatoms. The fourth-order valence-electron chi connectivity index (χ4n) is 3.09. The van der Waals surface area contributed by atoms with Crippen LogP contribution in [0, 0.1) is 0 Å². The van der Waals surface area contributed by atoms with Crippen LogP contribution in [0.3, 0.4) is 0 Å². The van der Waals surface area contributed by atoms with Crippen LogP contribution in [0.5, 0.6) is 0 Å². The van der Waals surface area contributed by atoms with Gasteiger partial charge < -0.3 is 9.47 Å². The van der Waals surface area contributed by atoms with Crippen LogP contribution in [0.4, 0.5) is 0 Å². The van der Waals surface area contributed by atoms with Gasteiger partial charge in [0.05, 0.1) is 6.33 Å². The minimum atomic E-state index is 0.285. The quantitative estimate of drug-likeness (QED) is 0.852. The lowest BCUT2D eigenvalue weighted by Gasteiger charge is -2.32. The number of piperidine rings is 1. The number of hydrogen-bond acceptors (Lipinski definition) is 3. The van der Waals surface area contributed by atoms with Crippen LogP contribution < -0.4 is 0 Å². The number of likely N-dealkylation sites (tertiary alicyclic amines) is 1. The molecule has 0 saturated carbocycles. The minimum absolute atomic E-state index is 0.285. The van der Waals surface area contributed by atoms with Gasteiger partial charge >= 0.3 is 0 Å². The van der Waals surface area contributed by atoms with Crippen molar-refractivity contribution in [3.05, 3.63) is 48.8 Å². The van der Waals surface area contributed by atoms with E-state index in [0.29, 0.717) is 12.3 Å². The van der Waals surface area contributed by atoms with Crippen molar-refractivity contribution in [2.45, 2.75) is 38.1 Å². The predicted octanol–water partition coefficient (Wildman–Crippen LogP) is 2.46. The summed E-state index contributed by atoms with van der Waals surface area (Å²) in [6.07, 6.45) is 12.8. The molecule has 22 heavy (non-hydrogen) atoms. The molecule has 0 aromatic carbocycles. The lowest BCUT2D eigenvalue weighted by molar-refractivity contribution is -0.132. The molecule has 0 atom stereocenters. The van der Waals surface area contributed by atoms with E-state index in [2.05, 4.69) is 22.1 Å². The molecule has 1 aliphatic rings. The molecule has 5 nitrogen and oxygen atoms in total. The van der Waals surface area contributed by atoms with E-state index in [1.807, 2.05) is 28.1 Å². The molecule has 0 unspecified atom stereocenters. The van der Waals surface area contributed by atoms with E-state index in [4.69, 9.17) is 0 Å². The van der Waals surface area contributed by atoms with E-state index in [9.17, 15) is 4.79 Å². The first-order valence-corrected chi connectivity index (χ1v) is 7.96. The molecule has 0 bridgehead atoms. The Bertz CT molecular complexity index is 574. The number of imidazole rings is 1. The van der Waals surface area contributed by atoms with Gasteiger partial charge in [-0.05, 0) is 42.9 Å². The summed E-state index contributed by atoms with van der Waals surface area (Å²) in [5, 5.41) is 0. The number of carbonyl (C=O) groups is 1. The maximum Gasteiger partial charge on any atom is 0.222 e. The Morgan fingerprint density at radius 1 is 1.14 bits per heavy atom. The van der Waals surface area contributed by atoms with Gasteiger partial charge in [0.1, 0.15) is 0 Å². The molecular weight excluding hydrogens is 276 g/mol. The molecule has 116 valence electrons. The molecule has 1 saturated heterocycles. The zero-order chi connectivity index (χ0) is 15.2. The number of hydrogen-bond donors (Lipinski definition) is 0. The van der Waals surface area contributed by atoms with Crippen LogP contribution in [-0.2, 0) is 11.3 Å². The first-order valence-electron chi connectivity index (χ1n) is 7.96. The lowest BCUT2D eigenvalue weighted by atomic mass is 9.90. The molecule has 2 aromatic rings. The minimum Gasteiger partial charge on any atom is -0.343 e. The Morgan fingerprint density at radius 3 is 2.59 bits per heavy atom. The molecule has 1 amide bonds. The average molecular weight is 298 g/mol. The van der Waals surface area contributed by atoms with Gasteiger partial charge in [-0.25, -0.2) is 4.98 Å². The summed E-state index contributed by atoms with van der Waals surface area (Å²) < 4.78 is 2.02. The van der Waals surface area contributed by atoms with Crippen LogP contribution in [0.25, 0.3) is 0 Å². The molecule has 0 radical (unpaired) electrons. The van der Waals surface area contributed by atoms with E-state index < -0.39 is 0 Å². The Labute approximate surface area is 131 Å². The van der Waals surface area contributed by atoms with Crippen LogP contribution in [-0.4, -0.2) is 38.4 Å². The zero-order valence-electron chi connectivity index (χ0n) is 12.8. The van der Waals surface area contributed by atoms with Crippen molar-refractivity contribution < 1.29 is 4.79 Å². The van der Waals surface area contributed by atoms with Gasteiger partial charge in [0, 0.05) is 50.8 Å². The molecular formula is C17H22N4O. The number of aromatic nitrogens is 3. The summed E-state index contributed by atoms with van der Waals surface area (Å²) in [5.74, 6) is 0.853. The van der Waals surface area contributed by atoms with Crippen molar-refractivity contribution in [3.8, 4) is 0 Å². The SMILES string of the molecule is O=C(CCCn1ccnc1)N1CCC(c2ccncc2)CC1. The summed E-state index contributed by atoms with van der Waals surface area (Å²) in [5.41, 5.74) is 1.35. The highest BCUT2D eigenvalue weighted by Gasteiger charge is 2.23. The molecule has 3 heterocycles. The predicted molar refractivity (Wildman–Crippen MR) is 84.3 cm³/mol. The second-order valence-electron chi connectivity index (χ2n) is 5.84. The van der Waals surface area contributed by atoms with Crippen molar-refractivity contribution >= 4 is 5.91 Å². The third-order valence-corrected chi connectivity index (χ3v) is 4.39. The zero-order valence-corrected chi connectivity index (χ0v) is 12.8. The van der Waals surface area contributed by atoms with Gasteiger partial charge in [0.15, 0.2) is 0 Å². The Balaban J connectivity index is 1.42. The highest BCUT2D eigenvalue weighted by molar-refractivity contribution is 5.76. The third-order valence-electron chi connectivity index (χ3n) is 4.39. The number of rotatable bonds is 5.